The molecule has 0 aromatic carbocycles. The van der Waals surface area contributed by atoms with Crippen LogP contribution in [0.5, 0.6) is 0 Å². The van der Waals surface area contributed by atoms with Crippen LogP contribution in [0, 0.1) is 0 Å². The van der Waals surface area contributed by atoms with Crippen LogP contribution in [-0.2, 0) is 301 Å². The predicted molar refractivity (Wildman–Crippen MR) is 419 cm³/mol. The smallest absolute Gasteiger partial charge is 0.0967 e. The van der Waals surface area contributed by atoms with Gasteiger partial charge in [0, 0.05) is 198 Å². The van der Waals surface area contributed by atoms with Crippen LogP contribution in [0.1, 0.15) is 211 Å². The van der Waals surface area contributed by atoms with Crippen molar-refractivity contribution in [3.8, 4) is 45.6 Å². The van der Waals surface area contributed by atoms with E-state index in [0.717, 1.165) is 45.6 Å². The van der Waals surface area contributed by atoms with Gasteiger partial charge in [0.25, 0.3) is 0 Å². The molecule has 44 heteroatoms. The zero-order valence-corrected chi connectivity index (χ0v) is 88.2. The molecule has 28 nitrogen and oxygen atoms in total. The molecule has 0 saturated carbocycles. The van der Waals surface area contributed by atoms with Gasteiger partial charge in [-0.15, -0.1) is 92.8 Å². The summed E-state index contributed by atoms with van der Waals surface area (Å²) in [5.41, 5.74) is 18.8. The average molecular weight is 2140 g/mol. The van der Waals surface area contributed by atoms with Gasteiger partial charge >= 0.3 is 0 Å². The molecule has 0 spiro atoms. The van der Waals surface area contributed by atoms with E-state index in [4.69, 9.17) is 92.8 Å². The Bertz CT molecular complexity index is 2850. The molecule has 8 heterocycles. The number of halogens is 8. The molecule has 0 aliphatic rings. The summed E-state index contributed by atoms with van der Waals surface area (Å²) in [7, 11) is 0. The summed E-state index contributed by atoms with van der Waals surface area (Å²) in [6, 6.07) is 33.8. The van der Waals surface area contributed by atoms with Gasteiger partial charge in [0.15, 0.2) is 0 Å². The Morgan fingerprint density at radius 3 is 0.267 bits per heavy atom. The summed E-state index contributed by atoms with van der Waals surface area (Å²) in [5, 5.41) is 0.778. The molecular formula is C76H104Cl8N8O20V8-40. The standard InChI is InChI=1S/4C18H24N2.4CH2Cl2.20O.8V/c4*1-17(2,3)13-7-9-19-15(11-13)16-12-14(8-10-20-16)18(4,5)6;4*2-1-3;;;;;;;;;;;;;;;;;;;;;;;;;;;;/h4*7-12H,1-6H3;4*1H2;;;;;;;;;;;;;;;;;;;;;;;;;;;;/q;;;;;;;;20*-2;;;;;;;;. The quantitative estimate of drug-likeness (QED) is 0.152. The number of hydrogen-bond donors (Lipinski definition) is 0. The summed E-state index contributed by atoms with van der Waals surface area (Å²) in [6.45, 7) is 53.1. The van der Waals surface area contributed by atoms with E-state index < -0.39 is 0 Å². The first-order valence-electron chi connectivity index (χ1n) is 30.6. The Labute approximate surface area is 849 Å². The van der Waals surface area contributed by atoms with Crippen LogP contribution in [0.15, 0.2) is 147 Å². The van der Waals surface area contributed by atoms with Crippen molar-refractivity contribution < 1.29 is 258 Å². The third-order valence-electron chi connectivity index (χ3n) is 14.1. The summed E-state index contributed by atoms with van der Waals surface area (Å²) in [5.74, 6) is 0. The molecule has 704 valence electrons. The van der Waals surface area contributed by atoms with Crippen molar-refractivity contribution in [3.63, 3.8) is 0 Å². The number of alkyl halides is 8. The number of pyridine rings is 8. The zero-order chi connectivity index (χ0) is 70.7. The number of rotatable bonds is 4. The average Bonchev–Trinajstić information content (AvgIpc) is 0.829. The van der Waals surface area contributed by atoms with Crippen LogP contribution in [0.25, 0.3) is 45.6 Å². The van der Waals surface area contributed by atoms with Crippen LogP contribution in [0.4, 0.5) is 0 Å². The topological polar surface area (TPSA) is 673 Å². The zero-order valence-electron chi connectivity index (χ0n) is 71.0. The summed E-state index contributed by atoms with van der Waals surface area (Å²) >= 11 is 38.1. The molecule has 8 rings (SSSR count). The molecule has 0 saturated heterocycles. The molecule has 0 bridgehead atoms. The van der Waals surface area contributed by atoms with Gasteiger partial charge in [-0.1, -0.05) is 166 Å². The van der Waals surface area contributed by atoms with E-state index in [1.165, 1.54) is 44.5 Å². The maximum atomic E-state index is 4.76. The fourth-order valence-electron chi connectivity index (χ4n) is 8.30. The van der Waals surface area contributed by atoms with Crippen LogP contribution in [-0.4, -0.2) is 61.2 Å². The predicted octanol–water partition coefficient (Wildman–Crippen LogP) is 22.2. The van der Waals surface area contributed by atoms with Gasteiger partial charge < -0.3 is 110 Å². The molecule has 0 atom stereocenters. The van der Waals surface area contributed by atoms with Crippen LogP contribution >= 0.6 is 92.8 Å². The maximum absolute atomic E-state index is 4.76. The second-order valence-electron chi connectivity index (χ2n) is 29.8. The summed E-state index contributed by atoms with van der Waals surface area (Å²) in [4.78, 5) is 35.9. The van der Waals surface area contributed by atoms with E-state index in [2.05, 4.69) is 303 Å². The third-order valence-corrected chi connectivity index (χ3v) is 14.1. The molecule has 0 aliphatic carbocycles. The normalized spacial score (nSPS) is 8.93. The van der Waals surface area contributed by atoms with Crippen LogP contribution < -0.4 is 0 Å². The molecule has 8 aromatic rings. The van der Waals surface area contributed by atoms with Crippen molar-refractivity contribution in [2.75, 3.05) is 21.4 Å². The van der Waals surface area contributed by atoms with Crippen molar-refractivity contribution in [2.45, 2.75) is 209 Å². The van der Waals surface area contributed by atoms with Crippen molar-refractivity contribution in [1.29, 1.82) is 0 Å². The van der Waals surface area contributed by atoms with Crippen molar-refractivity contribution >= 4 is 92.8 Å². The van der Waals surface area contributed by atoms with E-state index >= 15 is 0 Å². The van der Waals surface area contributed by atoms with Crippen molar-refractivity contribution in [3.05, 3.63) is 191 Å². The van der Waals surface area contributed by atoms with E-state index in [0.29, 0.717) is 0 Å². The van der Waals surface area contributed by atoms with E-state index in [-0.39, 0.29) is 323 Å². The summed E-state index contributed by atoms with van der Waals surface area (Å²) < 4.78 is 0. The molecule has 120 heavy (non-hydrogen) atoms. The Morgan fingerprint density at radius 1 is 0.158 bits per heavy atom. The first-order valence-corrected chi connectivity index (χ1v) is 34.9. The fraction of sp³-hybridized carbons (Fsp3) is 0.474. The Hall–Kier alpha value is -0.605. The number of nitrogens with zero attached hydrogens (tertiary/aromatic N) is 8. The van der Waals surface area contributed by atoms with E-state index in [1.54, 1.807) is 0 Å². The monoisotopic (exact) mass is 2140 g/mol. The van der Waals surface area contributed by atoms with Gasteiger partial charge in [-0.3, -0.25) is 39.9 Å². The third kappa shape index (κ3) is 77.3. The van der Waals surface area contributed by atoms with E-state index in [1.807, 2.05) is 49.6 Å². The van der Waals surface area contributed by atoms with Crippen LogP contribution in [0.3, 0.4) is 0 Å². The Kier molecular flexibility index (Phi) is 158. The van der Waals surface area contributed by atoms with Gasteiger partial charge in [0.1, 0.15) is 0 Å². The molecule has 0 unspecified atom stereocenters. The molecule has 8 aromatic heterocycles. The minimum atomic E-state index is 0. The number of aromatic nitrogens is 8. The minimum Gasteiger partial charge on any atom is -2.00 e. The minimum absolute atomic E-state index is 0. The van der Waals surface area contributed by atoms with Gasteiger partial charge in [-0.25, -0.2) is 0 Å². The van der Waals surface area contributed by atoms with Gasteiger partial charge in [-0.05, 0) is 185 Å². The molecule has 0 N–H and O–H groups in total. The van der Waals surface area contributed by atoms with E-state index in [9.17, 15) is 0 Å². The molecular weight excluding hydrogens is 2040 g/mol. The maximum Gasteiger partial charge on any atom is 0.0967 e. The molecule has 0 aliphatic heterocycles. The van der Waals surface area contributed by atoms with Crippen molar-refractivity contribution in [2.24, 2.45) is 0 Å². The second-order valence-corrected chi connectivity index (χ2v) is 33.1. The molecule has 8 radical (unpaired) electrons. The Balaban J connectivity index is -0.0000000321. The van der Waals surface area contributed by atoms with Gasteiger partial charge in [0.2, 0.25) is 0 Å². The van der Waals surface area contributed by atoms with Crippen molar-refractivity contribution in [1.82, 2.24) is 39.9 Å². The first kappa shape index (κ1) is 200. The number of hydrogen-bond acceptors (Lipinski definition) is 8. The summed E-state index contributed by atoms with van der Waals surface area (Å²) in [6.07, 6.45) is 15.0. The fourth-order valence-corrected chi connectivity index (χ4v) is 8.30. The largest absolute Gasteiger partial charge is 2.00 e. The van der Waals surface area contributed by atoms with Gasteiger partial charge in [-0.2, -0.15) is 0 Å². The second kappa shape index (κ2) is 94.5. The van der Waals surface area contributed by atoms with Gasteiger partial charge in [0.05, 0.1) is 66.9 Å². The molecule has 0 amide bonds. The van der Waals surface area contributed by atoms with Crippen LogP contribution in [0.2, 0.25) is 0 Å². The molecule has 0 fully saturated rings. The SMILES string of the molecule is CC(C)(C)c1ccnc(-c2cc(C(C)(C)C)ccn2)c1.CC(C)(C)c1ccnc(-c2cc(C(C)(C)C)ccn2)c1.CC(C)(C)c1ccnc(-c2cc(C(C)(C)C)ccn2)c1.CC(C)(C)c1ccnc(-c2cc(C(C)(C)C)ccn2)c1.ClCCl.ClCCl.ClCCl.ClCCl.[O-2].[O-2].[O-2].[O-2].[O-2].[O-2].[O-2].[O-2].[O-2].[O-2].[O-2].[O-2].[O-2].[O-2].[O-2].[O-2].[O-2].[O-2].[O-2].[O-2].[V].[V].[V].[V].[V].[V].[V].[V]. The Morgan fingerprint density at radius 2 is 0.217 bits per heavy atom. The first-order chi connectivity index (χ1) is 42.4.